The number of likely N-dealkylation sites (N-methyl/N-ethyl adjacent to an activating group) is 2. The molecule has 1 aliphatic carbocycles. The Bertz CT molecular complexity index is 1090. The summed E-state index contributed by atoms with van der Waals surface area (Å²) >= 11 is 1.90. The highest BCUT2D eigenvalue weighted by Gasteiger charge is 2.14. The zero-order valence-corrected chi connectivity index (χ0v) is 27.6. The van der Waals surface area contributed by atoms with E-state index in [1.165, 1.54) is 72.0 Å². The molecule has 1 heterocycles. The Morgan fingerprint density at radius 3 is 2.03 bits per heavy atom. The molecule has 4 nitrogen and oxygen atoms in total. The average molecular weight is 651 g/mol. The van der Waals surface area contributed by atoms with Crippen LogP contribution in [0.2, 0.25) is 0 Å². The molecule has 6 heteroatoms. The van der Waals surface area contributed by atoms with E-state index in [0.717, 1.165) is 57.0 Å². The molecule has 0 N–H and O–H groups in total. The van der Waals surface area contributed by atoms with Crippen molar-refractivity contribution in [2.24, 2.45) is 0 Å². The van der Waals surface area contributed by atoms with Crippen LogP contribution in [0.5, 0.6) is 0 Å². The lowest BCUT2D eigenvalue weighted by Crippen LogP contribution is -3.00. The van der Waals surface area contributed by atoms with E-state index >= 15 is 0 Å². The third kappa shape index (κ3) is 9.74. The predicted octanol–water partition coefficient (Wildman–Crippen LogP) is 4.51. The van der Waals surface area contributed by atoms with Crippen molar-refractivity contribution in [1.29, 1.82) is 0 Å². The molecule has 1 aliphatic heterocycles. The highest BCUT2D eigenvalue weighted by Crippen LogP contribution is 2.32. The molecule has 1 aromatic rings. The zero-order chi connectivity index (χ0) is 26.5. The number of rotatable bonds is 17. The van der Waals surface area contributed by atoms with Gasteiger partial charge in [0.05, 0.1) is 20.8 Å². The van der Waals surface area contributed by atoms with Crippen LogP contribution in [0.3, 0.4) is 0 Å². The summed E-state index contributed by atoms with van der Waals surface area (Å²) in [5, 5.41) is 1.36. The van der Waals surface area contributed by atoms with Crippen LogP contribution in [0.25, 0.3) is 20.8 Å². The molecule has 0 unspecified atom stereocenters. The Balaban J connectivity index is 0.00000507. The second-order valence-electron chi connectivity index (χ2n) is 10.2. The van der Waals surface area contributed by atoms with Crippen LogP contribution < -0.4 is 38.8 Å². The normalized spacial score (nSPS) is 11.3. The van der Waals surface area contributed by atoms with E-state index in [-0.39, 0.29) is 24.0 Å². The van der Waals surface area contributed by atoms with E-state index < -0.39 is 0 Å². The largest absolute Gasteiger partial charge is 1.00 e. The minimum absolute atomic E-state index is 0. The Labute approximate surface area is 253 Å². The molecule has 212 valence electrons. The maximum atomic E-state index is 5.04. The lowest BCUT2D eigenvalue weighted by molar-refractivity contribution is -0.00000788. The monoisotopic (exact) mass is 650 g/mol. The number of benzene rings is 2. The highest BCUT2D eigenvalue weighted by molar-refractivity contribution is 7.21. The molecule has 0 saturated heterocycles. The smallest absolute Gasteiger partial charge is 0.201 e. The van der Waals surface area contributed by atoms with E-state index in [0.29, 0.717) is 0 Å². The van der Waals surface area contributed by atoms with Gasteiger partial charge < -0.3 is 33.8 Å². The van der Waals surface area contributed by atoms with Crippen LogP contribution in [-0.4, -0.2) is 55.7 Å². The van der Waals surface area contributed by atoms with Crippen molar-refractivity contribution < 1.29 is 24.0 Å². The van der Waals surface area contributed by atoms with Gasteiger partial charge >= 0.3 is 0 Å². The van der Waals surface area contributed by atoms with Crippen molar-refractivity contribution in [3.8, 4) is 10.6 Å². The van der Waals surface area contributed by atoms with Crippen molar-refractivity contribution in [3.05, 3.63) is 41.8 Å². The van der Waals surface area contributed by atoms with E-state index in [4.69, 9.17) is 4.98 Å². The summed E-state index contributed by atoms with van der Waals surface area (Å²) < 4.78 is 3.91. The molecule has 2 aliphatic rings. The SMILES string of the molecule is CCCCCC[N+](CCCCCC)=c1ccc2nc3ccc(N(CC)CCN(CC)CC)cc3sc-2c1.[I-]. The van der Waals surface area contributed by atoms with Crippen molar-refractivity contribution in [2.45, 2.75) is 86.0 Å². The first-order valence-electron chi connectivity index (χ1n) is 15.0. The fourth-order valence-electron chi connectivity index (χ4n) is 5.10. The van der Waals surface area contributed by atoms with Gasteiger partial charge in [-0.15, -0.1) is 11.3 Å². The Hall–Kier alpha value is -1.25. The van der Waals surface area contributed by atoms with E-state index in [9.17, 15) is 0 Å². The van der Waals surface area contributed by atoms with E-state index in [2.05, 4.69) is 85.4 Å². The van der Waals surface area contributed by atoms with E-state index in [1.54, 1.807) is 0 Å². The molecule has 0 atom stereocenters. The minimum atomic E-state index is 0. The van der Waals surface area contributed by atoms with Crippen molar-refractivity contribution in [2.75, 3.05) is 50.7 Å². The van der Waals surface area contributed by atoms with Gasteiger partial charge in [-0.2, -0.15) is 0 Å². The number of fused-ring (bicyclic) bond motifs is 2. The second-order valence-corrected chi connectivity index (χ2v) is 11.3. The zero-order valence-electron chi connectivity index (χ0n) is 24.6. The summed E-state index contributed by atoms with van der Waals surface area (Å²) in [6, 6.07) is 13.8. The maximum absolute atomic E-state index is 5.04. The molecule has 0 bridgehead atoms. The third-order valence-electron chi connectivity index (χ3n) is 7.60. The van der Waals surface area contributed by atoms with E-state index in [1.807, 2.05) is 11.3 Å². The Kier molecular flexibility index (Phi) is 15.8. The maximum Gasteiger partial charge on any atom is 0.201 e. The van der Waals surface area contributed by atoms with Crippen LogP contribution in [0.1, 0.15) is 86.0 Å². The third-order valence-corrected chi connectivity index (χ3v) is 8.70. The van der Waals surface area contributed by atoms with Crippen LogP contribution in [0.4, 0.5) is 5.69 Å². The summed E-state index contributed by atoms with van der Waals surface area (Å²) in [6.07, 6.45) is 10.5. The van der Waals surface area contributed by atoms with Gasteiger partial charge in [-0.25, -0.2) is 9.56 Å². The van der Waals surface area contributed by atoms with Crippen molar-refractivity contribution in [1.82, 2.24) is 14.5 Å². The number of nitrogens with zero attached hydrogens (tertiary/aromatic N) is 4. The van der Waals surface area contributed by atoms with Crippen molar-refractivity contribution >= 4 is 27.2 Å². The molecule has 0 fully saturated rings. The second kappa shape index (κ2) is 18.2. The Morgan fingerprint density at radius 2 is 1.42 bits per heavy atom. The molecule has 1 aromatic carbocycles. The van der Waals surface area contributed by atoms with Gasteiger partial charge in [0.15, 0.2) is 0 Å². The van der Waals surface area contributed by atoms with Gasteiger partial charge in [0.25, 0.3) is 0 Å². The predicted molar refractivity (Wildman–Crippen MR) is 165 cm³/mol. The van der Waals surface area contributed by atoms with Crippen molar-refractivity contribution in [3.63, 3.8) is 0 Å². The number of halogens is 1. The molecular weight excluding hydrogens is 599 g/mol. The molecular formula is C32H51IN4S. The van der Waals surface area contributed by atoms with Gasteiger partial charge in [0.1, 0.15) is 13.1 Å². The van der Waals surface area contributed by atoms with Gasteiger partial charge in [-0.3, -0.25) is 0 Å². The summed E-state index contributed by atoms with van der Waals surface area (Å²) in [4.78, 5) is 11.3. The standard InChI is InChI=1S/C32H51N4S.HI/c1-6-11-13-15-21-36(22-16-14-12-7-2)28-18-20-30-32(26-28)37-31-25-27(17-19-29(31)33-30)35(10-5)24-23-34(8-3)9-4;/h17-20,25-26H,6-16,21-24H2,1-5H3;1H/q+1;/p-1. The summed E-state index contributed by atoms with van der Waals surface area (Å²) in [7, 11) is 0. The molecule has 0 spiro atoms. The summed E-state index contributed by atoms with van der Waals surface area (Å²) in [6.45, 7) is 19.1. The lowest BCUT2D eigenvalue weighted by Gasteiger charge is -2.27. The lowest BCUT2D eigenvalue weighted by atomic mass is 10.1. The molecule has 38 heavy (non-hydrogen) atoms. The fourth-order valence-corrected chi connectivity index (χ4v) is 6.13. The summed E-state index contributed by atoms with van der Waals surface area (Å²) in [5.74, 6) is 0. The molecule has 3 rings (SSSR count). The minimum Gasteiger partial charge on any atom is -1.00 e. The number of hydrogen-bond donors (Lipinski definition) is 0. The van der Waals surface area contributed by atoms with Crippen LogP contribution >= 0.6 is 11.3 Å². The highest BCUT2D eigenvalue weighted by atomic mass is 127. The first-order valence-corrected chi connectivity index (χ1v) is 15.8. The molecule has 0 amide bonds. The van der Waals surface area contributed by atoms with Gasteiger partial charge in [-0.1, -0.05) is 53.4 Å². The van der Waals surface area contributed by atoms with Crippen LogP contribution in [0, 0.1) is 0 Å². The fraction of sp³-hybridized carbons (Fsp3) is 0.625. The van der Waals surface area contributed by atoms with Gasteiger partial charge in [0, 0.05) is 50.3 Å². The molecule has 0 aromatic heterocycles. The summed E-state index contributed by atoms with van der Waals surface area (Å²) in [5.41, 5.74) is 3.52. The van der Waals surface area contributed by atoms with Crippen LogP contribution in [-0.2, 0) is 0 Å². The number of unbranched alkanes of at least 4 members (excludes halogenated alkanes) is 6. The average Bonchev–Trinajstić information content (AvgIpc) is 2.93. The van der Waals surface area contributed by atoms with Gasteiger partial charge in [0.2, 0.25) is 5.36 Å². The molecule has 0 saturated carbocycles. The molecule has 0 radical (unpaired) electrons. The number of hydrogen-bond acceptors (Lipinski definition) is 4. The quantitative estimate of drug-likeness (QED) is 0.0931. The van der Waals surface area contributed by atoms with Gasteiger partial charge in [-0.05, 0) is 57.1 Å². The van der Waals surface area contributed by atoms with Crippen LogP contribution in [0.15, 0.2) is 36.4 Å². The first kappa shape index (κ1) is 33.0. The number of aromatic nitrogens is 1. The topological polar surface area (TPSA) is 22.4 Å². The Morgan fingerprint density at radius 1 is 0.737 bits per heavy atom. The first-order chi connectivity index (χ1) is 18.1. The number of anilines is 1.